The molecule has 0 amide bonds. The van der Waals surface area contributed by atoms with Crippen LogP contribution in [0.2, 0.25) is 5.02 Å². The number of para-hydroxylation sites is 2. The molecule has 136 valence electrons. The minimum Gasteiger partial charge on any atom is -1.00 e. The van der Waals surface area contributed by atoms with Crippen LogP contribution >= 0.6 is 11.6 Å². The first-order valence-electron chi connectivity index (χ1n) is 8.47. The molecule has 5 heteroatoms. The van der Waals surface area contributed by atoms with E-state index in [0.29, 0.717) is 0 Å². The van der Waals surface area contributed by atoms with Gasteiger partial charge >= 0.3 is 0 Å². The fraction of sp³-hybridized carbons (Fsp3) is 0.0455. The quantitative estimate of drug-likeness (QED) is 0.346. The summed E-state index contributed by atoms with van der Waals surface area (Å²) in [7, 11) is 2.06. The van der Waals surface area contributed by atoms with Crippen LogP contribution < -0.4 is 33.9 Å². The smallest absolute Gasteiger partial charge is 0.288 e. The van der Waals surface area contributed by atoms with E-state index in [1.165, 1.54) is 0 Å². The lowest BCUT2D eigenvalue weighted by atomic mass is 10.2. The van der Waals surface area contributed by atoms with E-state index in [-0.39, 0.29) is 24.0 Å². The van der Waals surface area contributed by atoms with Crippen LogP contribution in [0, 0.1) is 0 Å². The lowest BCUT2D eigenvalue weighted by Gasteiger charge is -2.01. The fourth-order valence-electron chi connectivity index (χ4n) is 3.13. The predicted molar refractivity (Wildman–Crippen MR) is 109 cm³/mol. The summed E-state index contributed by atoms with van der Waals surface area (Å²) in [5.41, 5.74) is 4.36. The molecule has 0 fully saturated rings. The van der Waals surface area contributed by atoms with E-state index in [2.05, 4.69) is 45.8 Å². The van der Waals surface area contributed by atoms with Crippen LogP contribution in [0.4, 0.5) is 5.69 Å². The Balaban J connectivity index is 0.00000210. The minimum absolute atomic E-state index is 0. The molecular weight excluding hydrogens is 469 g/mol. The van der Waals surface area contributed by atoms with Crippen molar-refractivity contribution in [1.29, 1.82) is 0 Å². The summed E-state index contributed by atoms with van der Waals surface area (Å²) >= 11 is 6.23. The first kappa shape index (κ1) is 19.5. The van der Waals surface area contributed by atoms with E-state index in [0.717, 1.165) is 33.3 Å². The number of hydrogen-bond donors (Lipinski definition) is 1. The molecule has 0 aliphatic heterocycles. The molecule has 0 atom stereocenters. The van der Waals surface area contributed by atoms with Crippen molar-refractivity contribution in [2.24, 2.45) is 7.05 Å². The van der Waals surface area contributed by atoms with Crippen LogP contribution in [-0.4, -0.2) is 4.57 Å². The first-order valence-corrected chi connectivity index (χ1v) is 8.85. The molecule has 0 spiro atoms. The highest BCUT2D eigenvalue weighted by molar-refractivity contribution is 6.31. The van der Waals surface area contributed by atoms with Gasteiger partial charge in [0.05, 0.1) is 7.05 Å². The van der Waals surface area contributed by atoms with Crippen LogP contribution in [0.3, 0.4) is 0 Å². The standard InChI is InChI=1S/C22H18ClN3.HI/c1-25-21-16-17(23)12-13-20(21)26(19-10-6-3-7-11-19)22(25)14-15-24-18-8-4-2-5-9-18;/h2-16H,1H3;1H. The normalized spacial score (nSPS) is 10.9. The molecular formula is C22H19ClIN3. The predicted octanol–water partition coefficient (Wildman–Crippen LogP) is 2.20. The minimum atomic E-state index is 0. The number of nitrogens with one attached hydrogen (secondary N) is 1. The summed E-state index contributed by atoms with van der Waals surface area (Å²) in [5, 5.41) is 4.05. The molecule has 0 radical (unpaired) electrons. The molecule has 3 aromatic carbocycles. The zero-order valence-corrected chi connectivity index (χ0v) is 17.7. The van der Waals surface area contributed by atoms with Gasteiger partial charge in [-0.2, -0.15) is 4.57 Å². The summed E-state index contributed by atoms with van der Waals surface area (Å²) in [6.45, 7) is 0. The molecule has 0 aliphatic carbocycles. The lowest BCUT2D eigenvalue weighted by Crippen LogP contribution is -3.00. The van der Waals surface area contributed by atoms with E-state index in [9.17, 15) is 0 Å². The number of imidazole rings is 1. The summed E-state index contributed by atoms with van der Waals surface area (Å²) in [4.78, 5) is 0. The second-order valence-corrected chi connectivity index (χ2v) is 6.50. The highest BCUT2D eigenvalue weighted by atomic mass is 127. The van der Waals surface area contributed by atoms with Crippen molar-refractivity contribution >= 4 is 34.4 Å². The highest BCUT2D eigenvalue weighted by Crippen LogP contribution is 2.23. The van der Waals surface area contributed by atoms with Gasteiger partial charge in [0.2, 0.25) is 0 Å². The van der Waals surface area contributed by atoms with Gasteiger partial charge in [0.25, 0.3) is 5.82 Å². The maximum absolute atomic E-state index is 6.23. The van der Waals surface area contributed by atoms with E-state index in [4.69, 9.17) is 11.6 Å². The maximum Gasteiger partial charge on any atom is 0.288 e. The summed E-state index contributed by atoms with van der Waals surface area (Å²) in [6.07, 6.45) is 4.04. The highest BCUT2D eigenvalue weighted by Gasteiger charge is 2.22. The molecule has 27 heavy (non-hydrogen) atoms. The van der Waals surface area contributed by atoms with Gasteiger partial charge in [-0.25, -0.2) is 4.57 Å². The average Bonchev–Trinajstić information content (AvgIpc) is 2.95. The monoisotopic (exact) mass is 487 g/mol. The SMILES string of the molecule is C[n+]1c(C=CNc2ccccc2)n(-c2ccccc2)c2ccc(Cl)cc21.[I-]. The van der Waals surface area contributed by atoms with Crippen molar-refractivity contribution in [3.8, 4) is 5.69 Å². The Morgan fingerprint density at radius 1 is 0.926 bits per heavy atom. The van der Waals surface area contributed by atoms with Crippen LogP contribution in [0.15, 0.2) is 85.1 Å². The van der Waals surface area contributed by atoms with Crippen molar-refractivity contribution in [2.45, 2.75) is 0 Å². The van der Waals surface area contributed by atoms with E-state index >= 15 is 0 Å². The largest absolute Gasteiger partial charge is 1.00 e. The number of rotatable bonds is 4. The number of nitrogens with zero attached hydrogens (tertiary/aromatic N) is 2. The maximum atomic E-state index is 6.23. The van der Waals surface area contributed by atoms with Gasteiger partial charge in [0.1, 0.15) is 5.69 Å². The van der Waals surface area contributed by atoms with Gasteiger partial charge in [-0.3, -0.25) is 0 Å². The Bertz CT molecular complexity index is 1070. The third-order valence-electron chi connectivity index (χ3n) is 4.38. The van der Waals surface area contributed by atoms with Crippen LogP contribution in [0.25, 0.3) is 22.8 Å². The number of aromatic nitrogens is 2. The molecule has 1 heterocycles. The van der Waals surface area contributed by atoms with Crippen LogP contribution in [-0.2, 0) is 7.05 Å². The molecule has 1 aromatic heterocycles. The molecule has 0 bridgehead atoms. The van der Waals surface area contributed by atoms with Gasteiger partial charge in [-0.15, -0.1) is 0 Å². The average molecular weight is 488 g/mol. The third-order valence-corrected chi connectivity index (χ3v) is 4.62. The van der Waals surface area contributed by atoms with Crippen LogP contribution in [0.5, 0.6) is 0 Å². The van der Waals surface area contributed by atoms with E-state index in [1.54, 1.807) is 0 Å². The summed E-state index contributed by atoms with van der Waals surface area (Å²) in [6, 6.07) is 26.4. The molecule has 3 nitrogen and oxygen atoms in total. The van der Waals surface area contributed by atoms with Gasteiger partial charge < -0.3 is 29.3 Å². The third kappa shape index (κ3) is 4.01. The van der Waals surface area contributed by atoms with Crippen molar-refractivity contribution in [3.63, 3.8) is 0 Å². The first-order chi connectivity index (χ1) is 12.7. The second kappa shape index (κ2) is 8.59. The molecule has 4 rings (SSSR count). The topological polar surface area (TPSA) is 20.8 Å². The molecule has 1 N–H and O–H groups in total. The molecule has 0 saturated carbocycles. The zero-order valence-electron chi connectivity index (χ0n) is 14.8. The molecule has 0 saturated heterocycles. The second-order valence-electron chi connectivity index (χ2n) is 6.06. The Hall–Kier alpha value is -2.31. The van der Waals surface area contributed by atoms with E-state index in [1.807, 2.05) is 66.9 Å². The number of anilines is 1. The summed E-state index contributed by atoms with van der Waals surface area (Å²) in [5.74, 6) is 1.05. The van der Waals surface area contributed by atoms with Crippen molar-refractivity contribution in [2.75, 3.05) is 5.32 Å². The number of benzene rings is 3. The number of aryl methyl sites for hydroxylation is 1. The van der Waals surface area contributed by atoms with E-state index < -0.39 is 0 Å². The zero-order chi connectivity index (χ0) is 17.9. The Morgan fingerprint density at radius 3 is 2.30 bits per heavy atom. The van der Waals surface area contributed by atoms with Crippen molar-refractivity contribution < 1.29 is 28.5 Å². The molecule has 0 aliphatic rings. The molecule has 4 aromatic rings. The Kier molecular flexibility index (Phi) is 6.19. The van der Waals surface area contributed by atoms with Crippen LogP contribution in [0.1, 0.15) is 5.82 Å². The Labute approximate surface area is 180 Å². The van der Waals surface area contributed by atoms with Crippen molar-refractivity contribution in [1.82, 2.24) is 4.57 Å². The fourth-order valence-corrected chi connectivity index (χ4v) is 3.30. The van der Waals surface area contributed by atoms with Gasteiger partial charge in [-0.05, 0) is 36.4 Å². The van der Waals surface area contributed by atoms with Gasteiger partial charge in [0, 0.05) is 29.1 Å². The Morgan fingerprint density at radius 2 is 1.59 bits per heavy atom. The number of halogens is 2. The number of hydrogen-bond acceptors (Lipinski definition) is 1. The summed E-state index contributed by atoms with van der Waals surface area (Å²) < 4.78 is 4.38. The van der Waals surface area contributed by atoms with Gasteiger partial charge in [-0.1, -0.05) is 48.0 Å². The van der Waals surface area contributed by atoms with Crippen molar-refractivity contribution in [3.05, 3.63) is 95.9 Å². The molecule has 0 unspecified atom stereocenters. The number of fused-ring (bicyclic) bond motifs is 1. The van der Waals surface area contributed by atoms with Gasteiger partial charge in [0.15, 0.2) is 11.0 Å². The lowest BCUT2D eigenvalue weighted by molar-refractivity contribution is -0.647.